The lowest BCUT2D eigenvalue weighted by Gasteiger charge is -2.38. The molecule has 3 aromatic rings. The predicted molar refractivity (Wildman–Crippen MR) is 144 cm³/mol. The van der Waals surface area contributed by atoms with Gasteiger partial charge in [-0.15, -0.1) is 0 Å². The quantitative estimate of drug-likeness (QED) is 0.220. The number of fused-ring (bicyclic) bond motifs is 4. The number of ether oxygens (including phenoxy) is 2. The molecule has 190 valence electrons. The molecule has 0 radical (unpaired) electrons. The number of halogens is 1. The molecule has 3 unspecified atom stereocenters. The molecule has 2 aliphatic heterocycles. The van der Waals surface area contributed by atoms with Crippen LogP contribution in [-0.4, -0.2) is 29.4 Å². The molecule has 37 heavy (non-hydrogen) atoms. The van der Waals surface area contributed by atoms with Crippen molar-refractivity contribution in [3.63, 3.8) is 0 Å². The fourth-order valence-electron chi connectivity index (χ4n) is 5.42. The first-order chi connectivity index (χ1) is 18.0. The van der Waals surface area contributed by atoms with Crippen LogP contribution in [0.3, 0.4) is 0 Å². The highest BCUT2D eigenvalue weighted by atomic mass is 79.9. The molecule has 0 saturated heterocycles. The minimum absolute atomic E-state index is 0.172. The van der Waals surface area contributed by atoms with Crippen LogP contribution in [0.25, 0.3) is 0 Å². The van der Waals surface area contributed by atoms with Crippen molar-refractivity contribution in [1.82, 2.24) is 10.4 Å². The van der Waals surface area contributed by atoms with Gasteiger partial charge in [0.25, 0.3) is 0 Å². The lowest BCUT2D eigenvalue weighted by atomic mass is 9.76. The third-order valence-corrected chi connectivity index (χ3v) is 7.92. The molecule has 0 saturated carbocycles. The second kappa shape index (κ2) is 10.1. The molecule has 3 heterocycles. The van der Waals surface area contributed by atoms with Crippen LogP contribution in [0.2, 0.25) is 0 Å². The van der Waals surface area contributed by atoms with Crippen molar-refractivity contribution >= 4 is 33.4 Å². The maximum absolute atomic E-state index is 10.6. The van der Waals surface area contributed by atoms with Crippen LogP contribution in [-0.2, 0) is 17.6 Å². The summed E-state index contributed by atoms with van der Waals surface area (Å²) >= 11 is 3.77. The molecule has 0 spiro atoms. The van der Waals surface area contributed by atoms with E-state index in [0.29, 0.717) is 17.7 Å². The highest BCUT2D eigenvalue weighted by Crippen LogP contribution is 2.52. The number of benzene rings is 2. The molecule has 0 fully saturated rings. The number of aliphatic carboxylic acids is 1. The van der Waals surface area contributed by atoms with Crippen LogP contribution < -0.4 is 25.6 Å². The summed E-state index contributed by atoms with van der Waals surface area (Å²) < 4.78 is 12.2. The molecule has 0 amide bonds. The first-order valence-electron chi connectivity index (χ1n) is 12.4. The number of hydrogen-bond donors (Lipinski definition) is 4. The van der Waals surface area contributed by atoms with Gasteiger partial charge in [-0.2, -0.15) is 0 Å². The number of allylic oxidation sites excluding steroid dienone is 2. The fourth-order valence-corrected chi connectivity index (χ4v) is 5.99. The second-order valence-corrected chi connectivity index (χ2v) is 10.4. The van der Waals surface area contributed by atoms with Crippen molar-refractivity contribution in [1.29, 1.82) is 0 Å². The van der Waals surface area contributed by atoms with Gasteiger partial charge in [0.1, 0.15) is 12.4 Å². The van der Waals surface area contributed by atoms with Gasteiger partial charge in [-0.25, -0.2) is 10.4 Å². The van der Waals surface area contributed by atoms with Gasteiger partial charge in [0.2, 0.25) is 6.79 Å². The summed E-state index contributed by atoms with van der Waals surface area (Å²) in [7, 11) is 0. The van der Waals surface area contributed by atoms with Crippen molar-refractivity contribution in [2.24, 2.45) is 5.92 Å². The molecule has 9 heteroatoms. The largest absolute Gasteiger partial charge is 0.480 e. The van der Waals surface area contributed by atoms with Crippen molar-refractivity contribution < 1.29 is 19.4 Å². The number of aryl methyl sites for hydroxylation is 2. The first-order valence-corrected chi connectivity index (χ1v) is 13.1. The van der Waals surface area contributed by atoms with Crippen molar-refractivity contribution in [2.45, 2.75) is 31.2 Å². The van der Waals surface area contributed by atoms with Crippen molar-refractivity contribution in [2.75, 3.05) is 24.1 Å². The molecule has 1 aromatic heterocycles. The summed E-state index contributed by atoms with van der Waals surface area (Å²) in [5.41, 5.74) is 11.6. The van der Waals surface area contributed by atoms with Crippen molar-refractivity contribution in [3.05, 3.63) is 87.5 Å². The average Bonchev–Trinajstić information content (AvgIpc) is 3.57. The van der Waals surface area contributed by atoms with E-state index in [9.17, 15) is 4.79 Å². The number of nitrogens with zero attached hydrogens (tertiary/aromatic N) is 1. The Bertz CT molecular complexity index is 1360. The lowest BCUT2D eigenvalue weighted by Crippen LogP contribution is -2.29. The zero-order valence-corrected chi connectivity index (χ0v) is 21.6. The number of nitrogens with one attached hydrogen (secondary N) is 3. The molecule has 0 bridgehead atoms. The van der Waals surface area contributed by atoms with Crippen LogP contribution in [0.1, 0.15) is 40.6 Å². The molecular formula is C28H27BrN4O4. The first kappa shape index (κ1) is 23.8. The topological polar surface area (TPSA) is 105 Å². The SMILES string of the molecule is O=C(O)CNNc1ccc(CCc2ccc3c(c2)C2C=CCC2C(c2cc4c(cc2Br)OCO4)N3)cn1. The standard InChI is InChI=1S/C28H27BrN4O4/c29-22-12-25-24(36-15-37-25)11-21(22)28-19-3-1-2-18(19)20-10-16(6-8-23(20)32-28)4-5-17-7-9-26(30-13-17)33-31-14-27(34)35/h1-2,6-13,18-19,28,31-32H,3-5,14-15H2,(H,30,33)(H,34,35). The highest BCUT2D eigenvalue weighted by molar-refractivity contribution is 9.10. The molecule has 3 aliphatic rings. The summed E-state index contributed by atoms with van der Waals surface area (Å²) in [6.45, 7) is 0.0893. The Labute approximate surface area is 223 Å². The predicted octanol–water partition coefficient (Wildman–Crippen LogP) is 5.19. The molecule has 2 aromatic carbocycles. The zero-order valence-electron chi connectivity index (χ0n) is 20.0. The van der Waals surface area contributed by atoms with E-state index in [2.05, 4.69) is 73.5 Å². The molecule has 8 nitrogen and oxygen atoms in total. The van der Waals surface area contributed by atoms with Gasteiger partial charge >= 0.3 is 5.97 Å². The number of hydrogen-bond acceptors (Lipinski definition) is 7. The molecule has 4 N–H and O–H groups in total. The Kier molecular flexibility index (Phi) is 6.48. The van der Waals surface area contributed by atoms with Gasteiger partial charge in [0.15, 0.2) is 11.5 Å². The minimum atomic E-state index is -0.930. The fraction of sp³-hybridized carbons (Fsp3) is 0.286. The highest BCUT2D eigenvalue weighted by Gasteiger charge is 2.39. The molecule has 3 atom stereocenters. The molecular weight excluding hydrogens is 536 g/mol. The average molecular weight is 563 g/mol. The Morgan fingerprint density at radius 2 is 1.89 bits per heavy atom. The number of anilines is 2. The van der Waals surface area contributed by atoms with E-state index in [1.165, 1.54) is 22.4 Å². The summed E-state index contributed by atoms with van der Waals surface area (Å²) in [5, 5.41) is 12.5. The van der Waals surface area contributed by atoms with Crippen LogP contribution in [0.15, 0.2) is 65.3 Å². The number of rotatable bonds is 8. The number of hydrazine groups is 1. The van der Waals surface area contributed by atoms with Crippen LogP contribution >= 0.6 is 15.9 Å². The van der Waals surface area contributed by atoms with Crippen LogP contribution in [0.4, 0.5) is 11.5 Å². The van der Waals surface area contributed by atoms with Gasteiger partial charge in [-0.05, 0) is 71.7 Å². The van der Waals surface area contributed by atoms with E-state index in [0.717, 1.165) is 40.8 Å². The smallest absolute Gasteiger partial charge is 0.319 e. The van der Waals surface area contributed by atoms with Gasteiger partial charge in [0, 0.05) is 22.3 Å². The van der Waals surface area contributed by atoms with Gasteiger partial charge < -0.3 is 25.3 Å². The third-order valence-electron chi connectivity index (χ3n) is 7.24. The summed E-state index contributed by atoms with van der Waals surface area (Å²) in [6, 6.07) is 14.9. The molecule has 1 aliphatic carbocycles. The minimum Gasteiger partial charge on any atom is -0.480 e. The maximum Gasteiger partial charge on any atom is 0.319 e. The number of aromatic nitrogens is 1. The normalized spacial score (nSPS) is 20.7. The van der Waals surface area contributed by atoms with Crippen LogP contribution in [0, 0.1) is 5.92 Å². The van der Waals surface area contributed by atoms with Crippen LogP contribution in [0.5, 0.6) is 11.5 Å². The number of carboxylic acids is 1. The Hall–Kier alpha value is -3.56. The van der Waals surface area contributed by atoms with Gasteiger partial charge in [-0.3, -0.25) is 4.79 Å². The second-order valence-electron chi connectivity index (χ2n) is 9.55. The van der Waals surface area contributed by atoms with E-state index in [-0.39, 0.29) is 19.4 Å². The summed E-state index contributed by atoms with van der Waals surface area (Å²) in [6.07, 6.45) is 9.31. The maximum atomic E-state index is 10.6. The van der Waals surface area contributed by atoms with E-state index in [1.807, 2.05) is 24.4 Å². The third kappa shape index (κ3) is 4.89. The van der Waals surface area contributed by atoms with E-state index >= 15 is 0 Å². The van der Waals surface area contributed by atoms with Gasteiger partial charge in [0.05, 0.1) is 6.04 Å². The monoisotopic (exact) mass is 562 g/mol. The summed E-state index contributed by atoms with van der Waals surface area (Å²) in [4.78, 5) is 15.0. The van der Waals surface area contributed by atoms with Gasteiger partial charge in [-0.1, -0.05) is 46.3 Å². The van der Waals surface area contributed by atoms with E-state index < -0.39 is 5.97 Å². The Morgan fingerprint density at radius 1 is 1.08 bits per heavy atom. The zero-order chi connectivity index (χ0) is 25.4. The Balaban J connectivity index is 1.16. The van der Waals surface area contributed by atoms with E-state index in [1.54, 1.807) is 0 Å². The van der Waals surface area contributed by atoms with Crippen molar-refractivity contribution in [3.8, 4) is 11.5 Å². The lowest BCUT2D eigenvalue weighted by molar-refractivity contribution is -0.135. The molecule has 6 rings (SSSR count). The number of pyridine rings is 1. The van der Waals surface area contributed by atoms with E-state index in [4.69, 9.17) is 14.6 Å². The Morgan fingerprint density at radius 3 is 2.70 bits per heavy atom. The number of carbonyl (C=O) groups is 1. The summed E-state index contributed by atoms with van der Waals surface area (Å²) in [5.74, 6) is 2.04. The number of carboxylic acid groups (broad SMARTS) is 1.